The highest BCUT2D eigenvalue weighted by atomic mass is 79.9. The number of nitrogens with two attached hydrogens (primary N) is 1. The Hall–Kier alpha value is 0.0900. The molecule has 0 aliphatic heterocycles. The SMILES string of the molecule is Cl.N[C@H](c1c(O)cc(Br)cc1Br)C(F)F. The molecule has 86 valence electrons. The van der Waals surface area contributed by atoms with Gasteiger partial charge in [0.15, 0.2) is 0 Å². The molecule has 3 N–H and O–H groups in total. The predicted molar refractivity (Wildman–Crippen MR) is 63.7 cm³/mol. The maximum Gasteiger partial charge on any atom is 0.257 e. The molecule has 0 saturated heterocycles. The Bertz CT molecular complexity index is 328. The van der Waals surface area contributed by atoms with Crippen LogP contribution in [0.2, 0.25) is 0 Å². The minimum absolute atomic E-state index is 0. The lowest BCUT2D eigenvalue weighted by Gasteiger charge is -2.14. The molecule has 0 heterocycles. The van der Waals surface area contributed by atoms with Crippen molar-refractivity contribution in [2.45, 2.75) is 12.5 Å². The Labute approximate surface area is 109 Å². The largest absolute Gasteiger partial charge is 0.508 e. The summed E-state index contributed by atoms with van der Waals surface area (Å²) in [6, 6.07) is 1.39. The third kappa shape index (κ3) is 3.55. The number of phenols is 1. The third-order valence-corrected chi connectivity index (χ3v) is 2.79. The molecule has 1 aromatic rings. The van der Waals surface area contributed by atoms with Gasteiger partial charge in [-0.2, -0.15) is 0 Å². The second kappa shape index (κ2) is 5.98. The lowest BCUT2D eigenvalue weighted by atomic mass is 10.1. The van der Waals surface area contributed by atoms with E-state index in [2.05, 4.69) is 31.9 Å². The van der Waals surface area contributed by atoms with Crippen LogP contribution in [0.25, 0.3) is 0 Å². The van der Waals surface area contributed by atoms with Crippen LogP contribution in [0.1, 0.15) is 11.6 Å². The molecule has 1 rings (SSSR count). The smallest absolute Gasteiger partial charge is 0.257 e. The van der Waals surface area contributed by atoms with Gasteiger partial charge in [0.2, 0.25) is 0 Å². The fraction of sp³-hybridized carbons (Fsp3) is 0.250. The van der Waals surface area contributed by atoms with Crippen LogP contribution in [-0.4, -0.2) is 11.5 Å². The standard InChI is InChI=1S/C8H7Br2F2NO.ClH/c9-3-1-4(10)6(5(14)2-3)7(13)8(11)12;/h1-2,7-8,14H,13H2;1H/t7-;/m1./s1. The molecular weight excluding hydrogens is 359 g/mol. The molecule has 15 heavy (non-hydrogen) atoms. The van der Waals surface area contributed by atoms with Crippen LogP contribution in [0, 0.1) is 0 Å². The Morgan fingerprint density at radius 2 is 1.80 bits per heavy atom. The first-order valence-electron chi connectivity index (χ1n) is 3.65. The number of halogens is 5. The van der Waals surface area contributed by atoms with Gasteiger partial charge in [0.25, 0.3) is 6.43 Å². The Morgan fingerprint density at radius 1 is 1.27 bits per heavy atom. The fourth-order valence-electron chi connectivity index (χ4n) is 1.03. The van der Waals surface area contributed by atoms with E-state index < -0.39 is 12.5 Å². The van der Waals surface area contributed by atoms with Crippen LogP contribution >= 0.6 is 44.3 Å². The van der Waals surface area contributed by atoms with Crippen molar-refractivity contribution in [1.82, 2.24) is 0 Å². The summed E-state index contributed by atoms with van der Waals surface area (Å²) in [4.78, 5) is 0. The molecule has 0 aromatic heterocycles. The number of hydrogen-bond acceptors (Lipinski definition) is 2. The van der Waals surface area contributed by atoms with E-state index in [0.29, 0.717) is 8.95 Å². The van der Waals surface area contributed by atoms with E-state index in [0.717, 1.165) is 0 Å². The average molecular weight is 367 g/mol. The van der Waals surface area contributed by atoms with Crippen LogP contribution < -0.4 is 5.73 Å². The molecule has 0 bridgehead atoms. The minimum atomic E-state index is -2.71. The Balaban J connectivity index is 0.00000196. The van der Waals surface area contributed by atoms with Crippen molar-refractivity contribution >= 4 is 44.3 Å². The quantitative estimate of drug-likeness (QED) is 0.839. The average Bonchev–Trinajstić information content (AvgIpc) is 2.01. The van der Waals surface area contributed by atoms with Gasteiger partial charge in [0.1, 0.15) is 5.75 Å². The molecular formula is C8H8Br2ClF2NO. The highest BCUT2D eigenvalue weighted by Crippen LogP contribution is 2.36. The summed E-state index contributed by atoms with van der Waals surface area (Å²) in [7, 11) is 0. The van der Waals surface area contributed by atoms with Gasteiger partial charge in [-0.3, -0.25) is 0 Å². The summed E-state index contributed by atoms with van der Waals surface area (Å²) in [5.74, 6) is -0.251. The zero-order valence-electron chi connectivity index (χ0n) is 7.25. The summed E-state index contributed by atoms with van der Waals surface area (Å²) in [5.41, 5.74) is 5.25. The summed E-state index contributed by atoms with van der Waals surface area (Å²) < 4.78 is 25.6. The molecule has 0 spiro atoms. The molecule has 1 atom stereocenters. The first-order valence-corrected chi connectivity index (χ1v) is 5.23. The first-order chi connectivity index (χ1) is 6.43. The first kappa shape index (κ1) is 15.1. The molecule has 0 amide bonds. The monoisotopic (exact) mass is 365 g/mol. The van der Waals surface area contributed by atoms with Crippen molar-refractivity contribution in [2.75, 3.05) is 0 Å². The predicted octanol–water partition coefficient (Wildman–Crippen LogP) is 3.60. The van der Waals surface area contributed by atoms with Crippen LogP contribution in [0.15, 0.2) is 21.1 Å². The number of alkyl halides is 2. The van der Waals surface area contributed by atoms with Gasteiger partial charge in [-0.25, -0.2) is 8.78 Å². The molecule has 0 aliphatic rings. The number of phenolic OH excluding ortho intramolecular Hbond substituents is 1. The number of rotatable bonds is 2. The number of hydrogen-bond donors (Lipinski definition) is 2. The van der Waals surface area contributed by atoms with E-state index in [1.807, 2.05) is 0 Å². The molecule has 2 nitrogen and oxygen atoms in total. The zero-order chi connectivity index (χ0) is 10.9. The molecule has 0 saturated carbocycles. The second-order valence-electron chi connectivity index (χ2n) is 2.68. The van der Waals surface area contributed by atoms with E-state index in [-0.39, 0.29) is 23.7 Å². The molecule has 0 fully saturated rings. The normalized spacial score (nSPS) is 12.4. The summed E-state index contributed by atoms with van der Waals surface area (Å²) in [5, 5.41) is 9.42. The molecule has 1 aromatic carbocycles. The van der Waals surface area contributed by atoms with E-state index >= 15 is 0 Å². The van der Waals surface area contributed by atoms with E-state index in [1.165, 1.54) is 6.07 Å². The number of aromatic hydroxyl groups is 1. The zero-order valence-corrected chi connectivity index (χ0v) is 11.2. The van der Waals surface area contributed by atoms with E-state index in [4.69, 9.17) is 5.73 Å². The van der Waals surface area contributed by atoms with Gasteiger partial charge >= 0.3 is 0 Å². The van der Waals surface area contributed by atoms with Crippen LogP contribution in [-0.2, 0) is 0 Å². The molecule has 0 aliphatic carbocycles. The topological polar surface area (TPSA) is 46.2 Å². The van der Waals surface area contributed by atoms with Crippen molar-refractivity contribution in [3.05, 3.63) is 26.6 Å². The summed E-state index contributed by atoms with van der Waals surface area (Å²) >= 11 is 6.18. The second-order valence-corrected chi connectivity index (χ2v) is 4.45. The van der Waals surface area contributed by atoms with E-state index in [1.54, 1.807) is 6.07 Å². The van der Waals surface area contributed by atoms with Crippen molar-refractivity contribution in [3.63, 3.8) is 0 Å². The lowest BCUT2D eigenvalue weighted by molar-refractivity contribution is 0.115. The molecule has 7 heteroatoms. The van der Waals surface area contributed by atoms with Crippen LogP contribution in [0.4, 0.5) is 8.78 Å². The van der Waals surface area contributed by atoms with Crippen LogP contribution in [0.5, 0.6) is 5.75 Å². The molecule has 0 radical (unpaired) electrons. The van der Waals surface area contributed by atoms with Gasteiger partial charge < -0.3 is 10.8 Å². The van der Waals surface area contributed by atoms with Crippen molar-refractivity contribution in [3.8, 4) is 5.75 Å². The highest BCUT2D eigenvalue weighted by molar-refractivity contribution is 9.11. The van der Waals surface area contributed by atoms with Gasteiger partial charge in [0, 0.05) is 14.5 Å². The number of benzene rings is 1. The third-order valence-electron chi connectivity index (χ3n) is 1.68. The summed E-state index contributed by atoms with van der Waals surface area (Å²) in [6.07, 6.45) is -2.71. The van der Waals surface area contributed by atoms with Gasteiger partial charge in [-0.05, 0) is 12.1 Å². The van der Waals surface area contributed by atoms with Gasteiger partial charge in [-0.15, -0.1) is 12.4 Å². The summed E-state index contributed by atoms with van der Waals surface area (Å²) in [6.45, 7) is 0. The Morgan fingerprint density at radius 3 is 2.20 bits per heavy atom. The van der Waals surface area contributed by atoms with Crippen LogP contribution in [0.3, 0.4) is 0 Å². The van der Waals surface area contributed by atoms with Crippen molar-refractivity contribution < 1.29 is 13.9 Å². The maximum absolute atomic E-state index is 12.3. The fourth-order valence-corrected chi connectivity index (χ4v) is 2.49. The lowest BCUT2D eigenvalue weighted by Crippen LogP contribution is -2.19. The Kier molecular flexibility index (Phi) is 6.02. The van der Waals surface area contributed by atoms with Crippen molar-refractivity contribution in [1.29, 1.82) is 0 Å². The van der Waals surface area contributed by atoms with E-state index in [9.17, 15) is 13.9 Å². The minimum Gasteiger partial charge on any atom is -0.508 e. The van der Waals surface area contributed by atoms with Gasteiger partial charge in [0.05, 0.1) is 6.04 Å². The highest BCUT2D eigenvalue weighted by Gasteiger charge is 2.23. The molecule has 0 unspecified atom stereocenters. The van der Waals surface area contributed by atoms with Crippen molar-refractivity contribution in [2.24, 2.45) is 5.73 Å². The maximum atomic E-state index is 12.3. The van der Waals surface area contributed by atoms with Gasteiger partial charge in [-0.1, -0.05) is 31.9 Å².